The number of rotatable bonds is 1. The normalized spacial score (nSPS) is 23.1. The Kier molecular flexibility index (Phi) is 2.30. The van der Waals surface area contributed by atoms with Gasteiger partial charge in [-0.1, -0.05) is 6.07 Å². The van der Waals surface area contributed by atoms with Crippen molar-refractivity contribution in [3.63, 3.8) is 0 Å². The van der Waals surface area contributed by atoms with E-state index in [1.54, 1.807) is 0 Å². The zero-order valence-corrected chi connectivity index (χ0v) is 9.34. The zero-order chi connectivity index (χ0) is 12.9. The van der Waals surface area contributed by atoms with Gasteiger partial charge in [0.15, 0.2) is 0 Å². The SMILES string of the molecule is O=C1Nc2cc(C(F)(F)F)ccc2C(C2CC2)N1. The van der Waals surface area contributed by atoms with Crippen molar-refractivity contribution >= 4 is 11.7 Å². The molecule has 1 atom stereocenters. The lowest BCUT2D eigenvalue weighted by atomic mass is 9.97. The van der Waals surface area contributed by atoms with Gasteiger partial charge in [0.25, 0.3) is 0 Å². The van der Waals surface area contributed by atoms with Gasteiger partial charge < -0.3 is 10.6 Å². The van der Waals surface area contributed by atoms with Crippen molar-refractivity contribution in [1.82, 2.24) is 5.32 Å². The molecular formula is C12H11F3N2O. The minimum Gasteiger partial charge on any atom is -0.331 e. The van der Waals surface area contributed by atoms with Crippen LogP contribution in [0.2, 0.25) is 0 Å². The van der Waals surface area contributed by atoms with E-state index in [-0.39, 0.29) is 11.7 Å². The summed E-state index contributed by atoms with van der Waals surface area (Å²) in [5, 5.41) is 5.20. The molecule has 3 nitrogen and oxygen atoms in total. The van der Waals surface area contributed by atoms with Gasteiger partial charge in [-0.05, 0) is 36.5 Å². The molecular weight excluding hydrogens is 245 g/mol. The second-order valence-electron chi connectivity index (χ2n) is 4.71. The van der Waals surface area contributed by atoms with Crippen molar-refractivity contribution in [2.75, 3.05) is 5.32 Å². The molecule has 1 saturated carbocycles. The van der Waals surface area contributed by atoms with Crippen molar-refractivity contribution < 1.29 is 18.0 Å². The van der Waals surface area contributed by atoms with Gasteiger partial charge >= 0.3 is 12.2 Å². The van der Waals surface area contributed by atoms with Gasteiger partial charge in [-0.3, -0.25) is 0 Å². The van der Waals surface area contributed by atoms with E-state index in [4.69, 9.17) is 0 Å². The number of anilines is 1. The van der Waals surface area contributed by atoms with Crippen LogP contribution < -0.4 is 10.6 Å². The van der Waals surface area contributed by atoms with Crippen LogP contribution in [-0.2, 0) is 6.18 Å². The Morgan fingerprint density at radius 3 is 2.56 bits per heavy atom. The number of hydrogen-bond donors (Lipinski definition) is 2. The summed E-state index contributed by atoms with van der Waals surface area (Å²) in [5.41, 5.74) is 0.272. The molecule has 2 amide bonds. The van der Waals surface area contributed by atoms with Crippen LogP contribution in [0.1, 0.15) is 30.0 Å². The van der Waals surface area contributed by atoms with Crippen LogP contribution in [-0.4, -0.2) is 6.03 Å². The van der Waals surface area contributed by atoms with Crippen LogP contribution in [0, 0.1) is 5.92 Å². The van der Waals surface area contributed by atoms with Crippen LogP contribution in [0.5, 0.6) is 0 Å². The van der Waals surface area contributed by atoms with Gasteiger partial charge in [0.1, 0.15) is 0 Å². The number of benzene rings is 1. The highest BCUT2D eigenvalue weighted by molar-refractivity contribution is 5.93. The molecule has 18 heavy (non-hydrogen) atoms. The maximum atomic E-state index is 12.6. The summed E-state index contributed by atoms with van der Waals surface area (Å²) < 4.78 is 37.8. The largest absolute Gasteiger partial charge is 0.416 e. The van der Waals surface area contributed by atoms with Gasteiger partial charge in [-0.15, -0.1) is 0 Å². The molecule has 1 fully saturated rings. The van der Waals surface area contributed by atoms with Crippen molar-refractivity contribution in [1.29, 1.82) is 0 Å². The highest BCUT2D eigenvalue weighted by Crippen LogP contribution is 2.45. The number of carbonyl (C=O) groups excluding carboxylic acids is 1. The maximum absolute atomic E-state index is 12.6. The standard InChI is InChI=1S/C12H11F3N2O/c13-12(14,15)7-3-4-8-9(5-7)16-11(18)17-10(8)6-1-2-6/h3-6,10H,1-2H2,(H2,16,17,18). The molecule has 0 aromatic heterocycles. The maximum Gasteiger partial charge on any atom is 0.416 e. The fourth-order valence-corrected chi connectivity index (χ4v) is 2.29. The van der Waals surface area contributed by atoms with E-state index in [1.807, 2.05) is 0 Å². The number of nitrogens with one attached hydrogen (secondary N) is 2. The molecule has 2 aliphatic rings. The summed E-state index contributed by atoms with van der Waals surface area (Å²) in [7, 11) is 0. The lowest BCUT2D eigenvalue weighted by molar-refractivity contribution is -0.137. The summed E-state index contributed by atoms with van der Waals surface area (Å²) in [6.45, 7) is 0. The van der Waals surface area contributed by atoms with Crippen molar-refractivity contribution in [3.8, 4) is 0 Å². The quantitative estimate of drug-likeness (QED) is 0.795. The lowest BCUT2D eigenvalue weighted by Crippen LogP contribution is -2.38. The summed E-state index contributed by atoms with van der Waals surface area (Å²) in [6.07, 6.45) is -2.38. The van der Waals surface area contributed by atoms with E-state index < -0.39 is 17.8 Å². The third kappa shape index (κ3) is 1.91. The van der Waals surface area contributed by atoms with Gasteiger partial charge in [-0.2, -0.15) is 13.2 Å². The van der Waals surface area contributed by atoms with Crippen molar-refractivity contribution in [2.45, 2.75) is 25.1 Å². The number of carbonyl (C=O) groups is 1. The number of amides is 2. The van der Waals surface area contributed by atoms with Crippen LogP contribution in [0.25, 0.3) is 0 Å². The third-order valence-corrected chi connectivity index (χ3v) is 3.34. The van der Waals surface area contributed by atoms with E-state index in [0.717, 1.165) is 30.5 Å². The Bertz CT molecular complexity index is 509. The van der Waals surface area contributed by atoms with Crippen molar-refractivity contribution in [2.24, 2.45) is 5.92 Å². The number of alkyl halides is 3. The first-order valence-electron chi connectivity index (χ1n) is 5.74. The van der Waals surface area contributed by atoms with E-state index in [0.29, 0.717) is 5.92 Å². The molecule has 96 valence electrons. The topological polar surface area (TPSA) is 41.1 Å². The zero-order valence-electron chi connectivity index (χ0n) is 9.34. The molecule has 3 rings (SSSR count). The molecule has 0 saturated heterocycles. The highest BCUT2D eigenvalue weighted by atomic mass is 19.4. The Morgan fingerprint density at radius 1 is 1.22 bits per heavy atom. The molecule has 1 unspecified atom stereocenters. The molecule has 0 radical (unpaired) electrons. The van der Waals surface area contributed by atoms with Gasteiger partial charge in [-0.25, -0.2) is 4.79 Å². The molecule has 1 aliphatic heterocycles. The van der Waals surface area contributed by atoms with Crippen LogP contribution in [0.4, 0.5) is 23.7 Å². The molecule has 0 bridgehead atoms. The second-order valence-corrected chi connectivity index (χ2v) is 4.71. The summed E-state index contributed by atoms with van der Waals surface area (Å²) in [4.78, 5) is 11.4. The molecule has 2 N–H and O–H groups in total. The van der Waals surface area contributed by atoms with E-state index in [9.17, 15) is 18.0 Å². The van der Waals surface area contributed by atoms with E-state index in [1.165, 1.54) is 6.07 Å². The fourth-order valence-electron chi connectivity index (χ4n) is 2.29. The lowest BCUT2D eigenvalue weighted by Gasteiger charge is -2.28. The fraction of sp³-hybridized carbons (Fsp3) is 0.417. The van der Waals surface area contributed by atoms with Gasteiger partial charge in [0.05, 0.1) is 11.6 Å². The first-order valence-corrected chi connectivity index (χ1v) is 5.74. The molecule has 1 aromatic carbocycles. The molecule has 1 aromatic rings. The second kappa shape index (κ2) is 3.63. The molecule has 1 aliphatic carbocycles. The Balaban J connectivity index is 2.02. The highest BCUT2D eigenvalue weighted by Gasteiger charge is 2.38. The molecule has 1 heterocycles. The third-order valence-electron chi connectivity index (χ3n) is 3.34. The summed E-state index contributed by atoms with van der Waals surface area (Å²) in [6, 6.07) is 2.93. The molecule has 0 spiro atoms. The van der Waals surface area contributed by atoms with Gasteiger partial charge in [0.2, 0.25) is 0 Å². The predicted molar refractivity (Wildman–Crippen MR) is 59.1 cm³/mol. The van der Waals surface area contributed by atoms with E-state index in [2.05, 4.69) is 10.6 Å². The van der Waals surface area contributed by atoms with Gasteiger partial charge in [0, 0.05) is 5.69 Å². The first-order chi connectivity index (χ1) is 8.45. The average molecular weight is 256 g/mol. The first kappa shape index (κ1) is 11.4. The van der Waals surface area contributed by atoms with E-state index >= 15 is 0 Å². The van der Waals surface area contributed by atoms with Crippen LogP contribution in [0.3, 0.4) is 0 Å². The van der Waals surface area contributed by atoms with Crippen molar-refractivity contribution in [3.05, 3.63) is 29.3 Å². The average Bonchev–Trinajstić information content (AvgIpc) is 3.09. The molecule has 6 heteroatoms. The van der Waals surface area contributed by atoms with Crippen LogP contribution >= 0.6 is 0 Å². The smallest absolute Gasteiger partial charge is 0.331 e. The Hall–Kier alpha value is -1.72. The number of fused-ring (bicyclic) bond motifs is 1. The number of halogens is 3. The predicted octanol–water partition coefficient (Wildman–Crippen LogP) is 3.29. The minimum atomic E-state index is -4.39. The number of urea groups is 1. The van der Waals surface area contributed by atoms with Crippen LogP contribution in [0.15, 0.2) is 18.2 Å². The summed E-state index contributed by atoms with van der Waals surface area (Å²) >= 11 is 0. The minimum absolute atomic E-state index is 0.156. The Morgan fingerprint density at radius 2 is 1.94 bits per heavy atom. The number of hydrogen-bond acceptors (Lipinski definition) is 1. The monoisotopic (exact) mass is 256 g/mol. The summed E-state index contributed by atoms with van der Waals surface area (Å²) in [5.74, 6) is 0.353. The Labute approximate surface area is 101 Å².